The van der Waals surface area contributed by atoms with Crippen molar-refractivity contribution < 1.29 is 14.4 Å². The van der Waals surface area contributed by atoms with Gasteiger partial charge in [0.25, 0.3) is 0 Å². The smallest absolute Gasteiger partial charge is 0.234 e. The third kappa shape index (κ3) is 2.09. The van der Waals surface area contributed by atoms with Crippen LogP contribution >= 0.6 is 0 Å². The zero-order chi connectivity index (χ0) is 14.1. The predicted octanol–water partition coefficient (Wildman–Crippen LogP) is 0.755. The topological polar surface area (TPSA) is 81.1 Å². The van der Waals surface area contributed by atoms with Crippen LogP contribution in [0.15, 0.2) is 24.4 Å². The Balaban J connectivity index is 1.95. The molecule has 0 spiro atoms. The number of hydrogen-bond donors (Lipinski definition) is 1. The molecule has 2 aromatic rings. The van der Waals surface area contributed by atoms with Gasteiger partial charge >= 0.3 is 0 Å². The Labute approximate surface area is 114 Å². The van der Waals surface area contributed by atoms with Crippen molar-refractivity contribution >= 4 is 29.0 Å². The monoisotopic (exact) mass is 271 g/mol. The highest BCUT2D eigenvalue weighted by Crippen LogP contribution is 2.27. The number of carbonyl (C=O) groups is 3. The first-order valence-corrected chi connectivity index (χ1v) is 6.42. The number of imide groups is 1. The van der Waals surface area contributed by atoms with E-state index >= 15 is 0 Å². The van der Waals surface area contributed by atoms with Gasteiger partial charge in [-0.1, -0.05) is 6.07 Å². The summed E-state index contributed by atoms with van der Waals surface area (Å²) in [6.07, 6.45) is 3.35. The van der Waals surface area contributed by atoms with Crippen LogP contribution in [0.3, 0.4) is 0 Å². The van der Waals surface area contributed by atoms with E-state index in [4.69, 9.17) is 0 Å². The third-order valence-electron chi connectivity index (χ3n) is 3.55. The van der Waals surface area contributed by atoms with Crippen LogP contribution in [0, 0.1) is 0 Å². The molecule has 1 aliphatic rings. The SMILES string of the molecule is O=CCn1ncc2cc(C3CCC(=O)NC3=O)ccc21. The Hall–Kier alpha value is -2.50. The number of nitrogens with one attached hydrogen (secondary N) is 1. The van der Waals surface area contributed by atoms with Gasteiger partial charge in [0, 0.05) is 11.8 Å². The van der Waals surface area contributed by atoms with Crippen LogP contribution in [-0.2, 0) is 20.9 Å². The van der Waals surface area contributed by atoms with Crippen LogP contribution in [0.4, 0.5) is 0 Å². The molecule has 1 aromatic carbocycles. The summed E-state index contributed by atoms with van der Waals surface area (Å²) in [5.41, 5.74) is 1.72. The summed E-state index contributed by atoms with van der Waals surface area (Å²) in [5, 5.41) is 7.37. The minimum atomic E-state index is -0.300. The van der Waals surface area contributed by atoms with Crippen molar-refractivity contribution in [1.29, 1.82) is 0 Å². The Morgan fingerprint density at radius 1 is 1.40 bits per heavy atom. The van der Waals surface area contributed by atoms with Crippen LogP contribution in [-0.4, -0.2) is 27.9 Å². The molecule has 2 heterocycles. The van der Waals surface area contributed by atoms with Gasteiger partial charge in [-0.05, 0) is 24.1 Å². The first kappa shape index (κ1) is 12.5. The van der Waals surface area contributed by atoms with Crippen molar-refractivity contribution in [3.05, 3.63) is 30.0 Å². The van der Waals surface area contributed by atoms with E-state index in [9.17, 15) is 14.4 Å². The van der Waals surface area contributed by atoms with Crippen LogP contribution < -0.4 is 5.32 Å². The molecule has 1 aromatic heterocycles. The van der Waals surface area contributed by atoms with Crippen LogP contribution in [0.1, 0.15) is 24.3 Å². The second-order valence-corrected chi connectivity index (χ2v) is 4.82. The first-order chi connectivity index (χ1) is 9.69. The second-order valence-electron chi connectivity index (χ2n) is 4.82. The quantitative estimate of drug-likeness (QED) is 0.660. The number of fused-ring (bicyclic) bond motifs is 1. The molecule has 0 aliphatic carbocycles. The lowest BCUT2D eigenvalue weighted by atomic mass is 9.90. The van der Waals surface area contributed by atoms with Gasteiger partial charge in [0.1, 0.15) is 6.29 Å². The number of piperidine rings is 1. The molecule has 0 bridgehead atoms. The number of benzene rings is 1. The molecule has 1 aliphatic heterocycles. The maximum atomic E-state index is 11.8. The largest absolute Gasteiger partial charge is 0.301 e. The lowest BCUT2D eigenvalue weighted by Gasteiger charge is -2.21. The number of aldehydes is 1. The van der Waals surface area contributed by atoms with Crippen LogP contribution in [0.5, 0.6) is 0 Å². The van der Waals surface area contributed by atoms with Gasteiger partial charge in [-0.25, -0.2) is 0 Å². The number of aromatic nitrogens is 2. The van der Waals surface area contributed by atoms with Gasteiger partial charge < -0.3 is 4.79 Å². The van der Waals surface area contributed by atoms with Crippen molar-refractivity contribution in [2.75, 3.05) is 0 Å². The van der Waals surface area contributed by atoms with Gasteiger partial charge in [-0.2, -0.15) is 5.10 Å². The minimum absolute atomic E-state index is 0.210. The fourth-order valence-corrected chi connectivity index (χ4v) is 2.55. The van der Waals surface area contributed by atoms with E-state index in [0.717, 1.165) is 22.8 Å². The summed E-state index contributed by atoms with van der Waals surface area (Å²) in [5.74, 6) is -0.765. The van der Waals surface area contributed by atoms with E-state index in [1.807, 2.05) is 18.2 Å². The number of nitrogens with zero attached hydrogens (tertiary/aromatic N) is 2. The Morgan fingerprint density at radius 3 is 3.00 bits per heavy atom. The number of carbonyl (C=O) groups excluding carboxylic acids is 3. The molecule has 1 N–H and O–H groups in total. The van der Waals surface area contributed by atoms with Crippen molar-refractivity contribution in [2.24, 2.45) is 0 Å². The standard InChI is InChI=1S/C14H13N3O3/c18-6-5-17-12-3-1-9(7-10(12)8-15-17)11-2-4-13(19)16-14(11)20/h1,3,6-8,11H,2,4-5H2,(H,16,19,20). The van der Waals surface area contributed by atoms with Gasteiger partial charge in [0.15, 0.2) is 0 Å². The lowest BCUT2D eigenvalue weighted by Crippen LogP contribution is -2.39. The molecule has 6 heteroatoms. The zero-order valence-corrected chi connectivity index (χ0v) is 10.7. The Kier molecular flexibility index (Phi) is 3.06. The van der Waals surface area contributed by atoms with Crippen LogP contribution in [0.25, 0.3) is 10.9 Å². The molecule has 20 heavy (non-hydrogen) atoms. The molecule has 0 radical (unpaired) electrons. The normalized spacial score (nSPS) is 19.1. The molecular formula is C14H13N3O3. The highest BCUT2D eigenvalue weighted by atomic mass is 16.2. The fourth-order valence-electron chi connectivity index (χ4n) is 2.55. The average Bonchev–Trinajstić information content (AvgIpc) is 2.82. The lowest BCUT2D eigenvalue weighted by molar-refractivity contribution is -0.134. The summed E-state index contributed by atoms with van der Waals surface area (Å²) < 4.78 is 1.61. The van der Waals surface area contributed by atoms with Gasteiger partial charge in [0.05, 0.1) is 24.2 Å². The predicted molar refractivity (Wildman–Crippen MR) is 70.9 cm³/mol. The van der Waals surface area contributed by atoms with Crippen molar-refractivity contribution in [3.63, 3.8) is 0 Å². The maximum Gasteiger partial charge on any atom is 0.234 e. The van der Waals surface area contributed by atoms with E-state index in [1.165, 1.54) is 0 Å². The summed E-state index contributed by atoms with van der Waals surface area (Å²) in [7, 11) is 0. The fraction of sp³-hybridized carbons (Fsp3) is 0.286. The molecule has 1 atom stereocenters. The Bertz CT molecular complexity index is 705. The Morgan fingerprint density at radius 2 is 2.25 bits per heavy atom. The molecule has 1 unspecified atom stereocenters. The molecule has 1 saturated heterocycles. The summed E-state index contributed by atoms with van der Waals surface area (Å²) >= 11 is 0. The average molecular weight is 271 g/mol. The molecule has 1 fully saturated rings. The van der Waals surface area contributed by atoms with E-state index < -0.39 is 0 Å². The third-order valence-corrected chi connectivity index (χ3v) is 3.55. The van der Waals surface area contributed by atoms with Gasteiger partial charge in [0.2, 0.25) is 11.8 Å². The van der Waals surface area contributed by atoms with E-state index in [1.54, 1.807) is 10.9 Å². The van der Waals surface area contributed by atoms with E-state index in [-0.39, 0.29) is 24.3 Å². The van der Waals surface area contributed by atoms with Gasteiger partial charge in [-0.3, -0.25) is 19.6 Å². The van der Waals surface area contributed by atoms with E-state index in [2.05, 4.69) is 10.4 Å². The number of amides is 2. The number of rotatable bonds is 3. The molecule has 0 saturated carbocycles. The number of hydrogen-bond acceptors (Lipinski definition) is 4. The molecule has 2 amide bonds. The second kappa shape index (κ2) is 4.88. The van der Waals surface area contributed by atoms with Crippen molar-refractivity contribution in [2.45, 2.75) is 25.3 Å². The summed E-state index contributed by atoms with van der Waals surface area (Å²) in [4.78, 5) is 33.6. The maximum absolute atomic E-state index is 11.8. The molecular weight excluding hydrogens is 258 g/mol. The molecule has 102 valence electrons. The van der Waals surface area contributed by atoms with Gasteiger partial charge in [-0.15, -0.1) is 0 Å². The minimum Gasteiger partial charge on any atom is -0.301 e. The highest BCUT2D eigenvalue weighted by Gasteiger charge is 2.28. The van der Waals surface area contributed by atoms with Crippen LogP contribution in [0.2, 0.25) is 0 Å². The van der Waals surface area contributed by atoms with Crippen molar-refractivity contribution in [1.82, 2.24) is 15.1 Å². The molecule has 6 nitrogen and oxygen atoms in total. The molecule has 3 rings (SSSR count). The zero-order valence-electron chi connectivity index (χ0n) is 10.7. The highest BCUT2D eigenvalue weighted by molar-refractivity contribution is 6.01. The van der Waals surface area contributed by atoms with Crippen molar-refractivity contribution in [3.8, 4) is 0 Å². The summed E-state index contributed by atoms with van der Waals surface area (Å²) in [6, 6.07) is 5.60. The summed E-state index contributed by atoms with van der Waals surface area (Å²) in [6.45, 7) is 0.210. The van der Waals surface area contributed by atoms with E-state index in [0.29, 0.717) is 12.8 Å². The first-order valence-electron chi connectivity index (χ1n) is 6.42.